The van der Waals surface area contributed by atoms with Crippen LogP contribution in [0.4, 0.5) is 8.78 Å². The predicted molar refractivity (Wildman–Crippen MR) is 46.3 cm³/mol. The molecule has 14 heavy (non-hydrogen) atoms. The second-order valence-electron chi connectivity index (χ2n) is 2.46. The van der Waals surface area contributed by atoms with Crippen LogP contribution in [0.5, 0.6) is 0 Å². The zero-order valence-corrected chi connectivity index (χ0v) is 7.80. The first-order valence-corrected chi connectivity index (χ1v) is 4.70. The Balaban J connectivity index is 0.000000143. The smallest absolute Gasteiger partial charge is 0.262 e. The molecule has 0 aromatic carbocycles. The van der Waals surface area contributed by atoms with Crippen molar-refractivity contribution in [3.05, 3.63) is 24.3 Å². The third-order valence-corrected chi connectivity index (χ3v) is 1.73. The summed E-state index contributed by atoms with van der Waals surface area (Å²) < 4.78 is 44.2. The van der Waals surface area contributed by atoms with Crippen molar-refractivity contribution in [1.29, 1.82) is 0 Å². The molecule has 2 aliphatic carbocycles. The van der Waals surface area contributed by atoms with Crippen molar-refractivity contribution in [2.24, 2.45) is 0 Å². The lowest BCUT2D eigenvalue weighted by Crippen LogP contribution is -2.05. The number of benzene rings is 1. The molecule has 0 saturated heterocycles. The Morgan fingerprint density at radius 3 is 2.14 bits per heavy atom. The van der Waals surface area contributed by atoms with Crippen molar-refractivity contribution in [3.63, 3.8) is 0 Å². The minimum atomic E-state index is -2.82. The van der Waals surface area contributed by atoms with Gasteiger partial charge in [0.25, 0.3) is 6.43 Å². The summed E-state index contributed by atoms with van der Waals surface area (Å²) in [7, 11) is 0. The lowest BCUT2D eigenvalue weighted by Gasteiger charge is -2.02. The molecule has 0 spiro atoms. The van der Waals surface area contributed by atoms with E-state index < -0.39 is 24.4 Å². The van der Waals surface area contributed by atoms with Gasteiger partial charge in [-0.05, 0) is 17.2 Å². The largest absolute Gasteiger partial charge is 0.750 e. The third kappa shape index (κ3) is 4.40. The van der Waals surface area contributed by atoms with Crippen molar-refractivity contribution in [2.45, 2.75) is 6.43 Å². The van der Waals surface area contributed by atoms with Crippen LogP contribution in [-0.4, -0.2) is 21.8 Å². The molecule has 2 rings (SSSR count). The van der Waals surface area contributed by atoms with Gasteiger partial charge in [-0.2, -0.15) is 0 Å². The summed E-state index contributed by atoms with van der Waals surface area (Å²) in [5, 5.41) is 0. The first-order chi connectivity index (χ1) is 6.59. The fourth-order valence-electron chi connectivity index (χ4n) is 0.783. The number of rotatable bonds is 3. The van der Waals surface area contributed by atoms with Gasteiger partial charge < -0.3 is 4.55 Å². The van der Waals surface area contributed by atoms with Crippen LogP contribution in [0.1, 0.15) is 0 Å². The molecular formula is C8H7F2O3S-. The van der Waals surface area contributed by atoms with Gasteiger partial charge in [-0.1, -0.05) is 18.2 Å². The molecule has 1 atom stereocenters. The van der Waals surface area contributed by atoms with Gasteiger partial charge >= 0.3 is 0 Å². The van der Waals surface area contributed by atoms with Crippen LogP contribution in [0.25, 0.3) is 11.1 Å². The van der Waals surface area contributed by atoms with Gasteiger partial charge in [0.05, 0.1) is 11.4 Å². The van der Waals surface area contributed by atoms with Gasteiger partial charge in [-0.15, -0.1) is 0 Å². The molecule has 0 N–H and O–H groups in total. The Morgan fingerprint density at radius 2 is 2.00 bits per heavy atom. The summed E-state index contributed by atoms with van der Waals surface area (Å²) in [6.07, 6.45) is -2.73. The van der Waals surface area contributed by atoms with Crippen LogP contribution in [0, 0.1) is 0 Å². The van der Waals surface area contributed by atoms with Gasteiger partial charge in [0.1, 0.15) is 6.61 Å². The average Bonchev–Trinajstić information content (AvgIpc) is 2.72. The summed E-state index contributed by atoms with van der Waals surface area (Å²) in [5.74, 6) is 0. The SMILES string of the molecule is O=S([O-])OCC(F)F.c1cc2cc-2c1. The fraction of sp³-hybridized carbons (Fsp3) is 0.250. The normalized spacial score (nSPS) is 13.1. The van der Waals surface area contributed by atoms with Crippen LogP contribution in [0.15, 0.2) is 24.3 Å². The first-order valence-electron chi connectivity index (χ1n) is 3.70. The highest BCUT2D eigenvalue weighted by atomic mass is 32.2. The van der Waals surface area contributed by atoms with E-state index in [1.807, 2.05) is 0 Å². The highest BCUT2D eigenvalue weighted by Gasteiger charge is 2.06. The second kappa shape index (κ2) is 5.14. The van der Waals surface area contributed by atoms with Crippen LogP contribution < -0.4 is 0 Å². The van der Waals surface area contributed by atoms with Crippen LogP contribution in [0.2, 0.25) is 0 Å². The summed E-state index contributed by atoms with van der Waals surface area (Å²) in [6.45, 7) is -1.06. The molecule has 6 heteroatoms. The lowest BCUT2D eigenvalue weighted by molar-refractivity contribution is 0.0832. The molecule has 0 amide bonds. The summed E-state index contributed by atoms with van der Waals surface area (Å²) >= 11 is -2.82. The van der Waals surface area contributed by atoms with Crippen molar-refractivity contribution >= 4 is 11.4 Å². The second-order valence-corrected chi connectivity index (χ2v) is 3.10. The quantitative estimate of drug-likeness (QED) is 0.741. The number of fused-ring (bicyclic) bond motifs is 1. The zero-order chi connectivity index (χ0) is 10.6. The van der Waals surface area contributed by atoms with Gasteiger partial charge in [0.15, 0.2) is 0 Å². The van der Waals surface area contributed by atoms with Gasteiger partial charge in [0.2, 0.25) is 0 Å². The molecule has 0 aromatic rings. The zero-order valence-electron chi connectivity index (χ0n) is 6.98. The van der Waals surface area contributed by atoms with E-state index in [-0.39, 0.29) is 0 Å². The van der Waals surface area contributed by atoms with Gasteiger partial charge in [-0.25, -0.2) is 13.0 Å². The molecule has 1 unspecified atom stereocenters. The van der Waals surface area contributed by atoms with E-state index in [4.69, 9.17) is 0 Å². The van der Waals surface area contributed by atoms with E-state index in [2.05, 4.69) is 28.4 Å². The van der Waals surface area contributed by atoms with Crippen molar-refractivity contribution in [1.82, 2.24) is 0 Å². The maximum atomic E-state index is 11.0. The number of hydrogen-bond acceptors (Lipinski definition) is 3. The number of halogens is 2. The third-order valence-electron chi connectivity index (χ3n) is 1.40. The van der Waals surface area contributed by atoms with Gasteiger partial charge in [-0.3, -0.25) is 4.18 Å². The molecule has 0 aliphatic heterocycles. The number of alkyl halides is 2. The Morgan fingerprint density at radius 1 is 1.43 bits per heavy atom. The Labute approximate surface area is 82.2 Å². The summed E-state index contributed by atoms with van der Waals surface area (Å²) in [5.41, 5.74) is 2.85. The molecule has 78 valence electrons. The molecule has 0 bridgehead atoms. The van der Waals surface area contributed by atoms with Crippen LogP contribution in [-0.2, 0) is 15.5 Å². The van der Waals surface area contributed by atoms with Gasteiger partial charge in [0, 0.05) is 0 Å². The highest BCUT2D eigenvalue weighted by Crippen LogP contribution is 2.32. The Hall–Kier alpha value is -0.850. The van der Waals surface area contributed by atoms with E-state index in [0.29, 0.717) is 0 Å². The molecule has 2 aliphatic rings. The van der Waals surface area contributed by atoms with E-state index in [1.54, 1.807) is 0 Å². The Bertz CT molecular complexity index is 313. The molecule has 0 radical (unpaired) electrons. The van der Waals surface area contributed by atoms with Crippen molar-refractivity contribution in [3.8, 4) is 11.1 Å². The average molecular weight is 221 g/mol. The molecule has 0 aromatic heterocycles. The van der Waals surface area contributed by atoms with Crippen molar-refractivity contribution < 1.29 is 21.7 Å². The topological polar surface area (TPSA) is 49.4 Å². The fourth-order valence-corrected chi connectivity index (χ4v) is 0.997. The lowest BCUT2D eigenvalue weighted by atomic mass is 10.6. The summed E-state index contributed by atoms with van der Waals surface area (Å²) in [4.78, 5) is 0. The standard InChI is InChI=1S/C6H4.C2H4F2O3S/c1-2-5-4-6(5)3-1;3-2(4)1-7-8(5)6/h1-4H;2H,1H2,(H,5,6)/p-1. The molecule has 0 heterocycles. The predicted octanol–water partition coefficient (Wildman–Crippen LogP) is 1.73. The molecule has 3 nitrogen and oxygen atoms in total. The monoisotopic (exact) mass is 221 g/mol. The number of hydrogen-bond donors (Lipinski definition) is 0. The van der Waals surface area contributed by atoms with E-state index in [0.717, 1.165) is 0 Å². The summed E-state index contributed by atoms with van der Waals surface area (Å²) in [6, 6.07) is 8.48. The minimum absolute atomic E-state index is 1.06. The molecule has 0 saturated carbocycles. The maximum absolute atomic E-state index is 11.0. The van der Waals surface area contributed by atoms with E-state index in [9.17, 15) is 17.5 Å². The molecule has 0 fully saturated rings. The maximum Gasteiger partial charge on any atom is 0.262 e. The minimum Gasteiger partial charge on any atom is -0.750 e. The van der Waals surface area contributed by atoms with E-state index in [1.165, 1.54) is 11.1 Å². The first kappa shape index (κ1) is 11.2. The van der Waals surface area contributed by atoms with Crippen LogP contribution >= 0.6 is 0 Å². The van der Waals surface area contributed by atoms with Crippen LogP contribution in [0.3, 0.4) is 0 Å². The van der Waals surface area contributed by atoms with E-state index >= 15 is 0 Å². The Kier molecular flexibility index (Phi) is 4.12. The highest BCUT2D eigenvalue weighted by molar-refractivity contribution is 7.74. The molecular weight excluding hydrogens is 214 g/mol. The van der Waals surface area contributed by atoms with Crippen molar-refractivity contribution in [2.75, 3.05) is 6.61 Å².